The zero-order chi connectivity index (χ0) is 13.2. The molecule has 2 heterocycles. The summed E-state index contributed by atoms with van der Waals surface area (Å²) in [6.07, 6.45) is 1.80. The van der Waals surface area contributed by atoms with E-state index in [1.807, 2.05) is 36.6 Å². The van der Waals surface area contributed by atoms with Crippen LogP contribution in [0.2, 0.25) is 0 Å². The van der Waals surface area contributed by atoms with Gasteiger partial charge in [0.2, 0.25) is 0 Å². The number of hydrogen-bond donors (Lipinski definition) is 1. The third kappa shape index (κ3) is 2.39. The van der Waals surface area contributed by atoms with E-state index in [4.69, 9.17) is 10.5 Å². The van der Waals surface area contributed by atoms with Crippen molar-refractivity contribution in [1.82, 2.24) is 4.98 Å². The first-order chi connectivity index (χ1) is 9.24. The van der Waals surface area contributed by atoms with Gasteiger partial charge in [-0.1, -0.05) is 6.07 Å². The number of nitrogens with zero attached hydrogens (tertiary/aromatic N) is 1. The monoisotopic (exact) mass is 270 g/mol. The minimum Gasteiger partial charge on any atom is -0.487 e. The maximum absolute atomic E-state index is 5.97. The van der Waals surface area contributed by atoms with Crippen molar-refractivity contribution in [3.8, 4) is 5.75 Å². The molecule has 0 unspecified atom stereocenters. The summed E-state index contributed by atoms with van der Waals surface area (Å²) in [5.41, 5.74) is 7.66. The third-order valence-corrected chi connectivity index (χ3v) is 3.83. The van der Waals surface area contributed by atoms with Gasteiger partial charge in [0.1, 0.15) is 12.4 Å². The molecule has 3 rings (SSSR count). The summed E-state index contributed by atoms with van der Waals surface area (Å²) >= 11 is 1.69. The molecule has 0 atom stereocenters. The van der Waals surface area contributed by atoms with Gasteiger partial charge in [-0.3, -0.25) is 4.98 Å². The molecular formula is C15H14N2OS. The van der Waals surface area contributed by atoms with Crippen LogP contribution in [0.4, 0.5) is 5.69 Å². The van der Waals surface area contributed by atoms with Crippen molar-refractivity contribution in [2.45, 2.75) is 13.5 Å². The van der Waals surface area contributed by atoms with Gasteiger partial charge in [0.25, 0.3) is 0 Å². The smallest absolute Gasteiger partial charge is 0.127 e. The number of fused-ring (bicyclic) bond motifs is 1. The molecule has 0 radical (unpaired) electrons. The molecule has 0 fully saturated rings. The van der Waals surface area contributed by atoms with Crippen LogP contribution < -0.4 is 10.5 Å². The highest BCUT2D eigenvalue weighted by Gasteiger charge is 2.07. The van der Waals surface area contributed by atoms with Gasteiger partial charge in [0, 0.05) is 33.2 Å². The molecule has 2 aromatic heterocycles. The van der Waals surface area contributed by atoms with Crippen molar-refractivity contribution in [2.24, 2.45) is 0 Å². The van der Waals surface area contributed by atoms with Crippen molar-refractivity contribution in [3.05, 3.63) is 52.5 Å². The lowest BCUT2D eigenvalue weighted by Crippen LogP contribution is -1.96. The lowest BCUT2D eigenvalue weighted by molar-refractivity contribution is 0.313. The first-order valence-electron chi connectivity index (χ1n) is 6.04. The summed E-state index contributed by atoms with van der Waals surface area (Å²) in [6.45, 7) is 2.55. The van der Waals surface area contributed by atoms with E-state index in [1.165, 1.54) is 4.88 Å². The predicted octanol–water partition coefficient (Wildman–Crippen LogP) is 3.77. The normalized spacial score (nSPS) is 10.8. The van der Waals surface area contributed by atoms with Crippen molar-refractivity contribution in [1.29, 1.82) is 0 Å². The molecular weight excluding hydrogens is 256 g/mol. The Morgan fingerprint density at radius 3 is 2.95 bits per heavy atom. The molecule has 2 N–H and O–H groups in total. The standard InChI is InChI=1S/C15H14N2OS/c1-10-7-12-13(8-17-10)14(16)4-5-15(12)18-9-11-3-2-6-19-11/h2-8H,9,16H2,1H3. The van der Waals surface area contributed by atoms with Crippen LogP contribution in [0.5, 0.6) is 5.75 Å². The summed E-state index contributed by atoms with van der Waals surface area (Å²) in [5, 5.41) is 4.01. The molecule has 0 aliphatic carbocycles. The van der Waals surface area contributed by atoms with E-state index in [2.05, 4.69) is 11.1 Å². The second-order valence-corrected chi connectivity index (χ2v) is 5.42. The number of aryl methyl sites for hydroxylation is 1. The second kappa shape index (κ2) is 4.90. The van der Waals surface area contributed by atoms with Crippen molar-refractivity contribution in [3.63, 3.8) is 0 Å². The topological polar surface area (TPSA) is 48.1 Å². The summed E-state index contributed by atoms with van der Waals surface area (Å²) in [6, 6.07) is 9.89. The van der Waals surface area contributed by atoms with Gasteiger partial charge in [0.05, 0.1) is 0 Å². The Balaban J connectivity index is 1.98. The van der Waals surface area contributed by atoms with Gasteiger partial charge in [0.15, 0.2) is 0 Å². The Hall–Kier alpha value is -2.07. The SMILES string of the molecule is Cc1cc2c(OCc3cccs3)ccc(N)c2cn1. The molecule has 96 valence electrons. The average molecular weight is 270 g/mol. The molecule has 0 spiro atoms. The Kier molecular flexibility index (Phi) is 3.09. The fourth-order valence-electron chi connectivity index (χ4n) is 2.01. The van der Waals surface area contributed by atoms with E-state index < -0.39 is 0 Å². The number of ether oxygens (including phenoxy) is 1. The zero-order valence-corrected chi connectivity index (χ0v) is 11.4. The van der Waals surface area contributed by atoms with Crippen LogP contribution in [0.1, 0.15) is 10.6 Å². The van der Waals surface area contributed by atoms with E-state index in [0.29, 0.717) is 6.61 Å². The quantitative estimate of drug-likeness (QED) is 0.737. The molecule has 0 bridgehead atoms. The number of aromatic nitrogens is 1. The van der Waals surface area contributed by atoms with Crippen molar-refractivity contribution < 1.29 is 4.74 Å². The van der Waals surface area contributed by atoms with Gasteiger partial charge < -0.3 is 10.5 Å². The fourth-order valence-corrected chi connectivity index (χ4v) is 2.62. The number of thiophene rings is 1. The van der Waals surface area contributed by atoms with Crippen LogP contribution in [0.3, 0.4) is 0 Å². The summed E-state index contributed by atoms with van der Waals surface area (Å²) < 4.78 is 5.90. The molecule has 3 nitrogen and oxygen atoms in total. The molecule has 4 heteroatoms. The molecule has 1 aromatic carbocycles. The van der Waals surface area contributed by atoms with Gasteiger partial charge >= 0.3 is 0 Å². The van der Waals surface area contributed by atoms with Gasteiger partial charge in [-0.15, -0.1) is 11.3 Å². The van der Waals surface area contributed by atoms with E-state index in [0.717, 1.165) is 27.9 Å². The summed E-state index contributed by atoms with van der Waals surface area (Å²) in [4.78, 5) is 5.49. The van der Waals surface area contributed by atoms with Crippen LogP contribution in [-0.2, 0) is 6.61 Å². The maximum atomic E-state index is 5.97. The van der Waals surface area contributed by atoms with E-state index in [9.17, 15) is 0 Å². The van der Waals surface area contributed by atoms with Crippen LogP contribution in [-0.4, -0.2) is 4.98 Å². The number of anilines is 1. The van der Waals surface area contributed by atoms with Crippen LogP contribution >= 0.6 is 11.3 Å². The van der Waals surface area contributed by atoms with E-state index >= 15 is 0 Å². The minimum absolute atomic E-state index is 0.581. The highest BCUT2D eigenvalue weighted by Crippen LogP contribution is 2.30. The number of nitrogens with two attached hydrogens (primary N) is 1. The minimum atomic E-state index is 0.581. The average Bonchev–Trinajstić information content (AvgIpc) is 2.91. The summed E-state index contributed by atoms with van der Waals surface area (Å²) in [7, 11) is 0. The Morgan fingerprint density at radius 2 is 2.16 bits per heavy atom. The largest absolute Gasteiger partial charge is 0.487 e. The number of rotatable bonds is 3. The van der Waals surface area contributed by atoms with Crippen LogP contribution in [0, 0.1) is 6.92 Å². The van der Waals surface area contributed by atoms with Gasteiger partial charge in [-0.25, -0.2) is 0 Å². The number of pyridine rings is 1. The van der Waals surface area contributed by atoms with Gasteiger partial charge in [-0.2, -0.15) is 0 Å². The lowest BCUT2D eigenvalue weighted by atomic mass is 10.1. The van der Waals surface area contributed by atoms with Crippen molar-refractivity contribution in [2.75, 3.05) is 5.73 Å². The predicted molar refractivity (Wildman–Crippen MR) is 79.5 cm³/mol. The molecule has 19 heavy (non-hydrogen) atoms. The van der Waals surface area contributed by atoms with E-state index in [-0.39, 0.29) is 0 Å². The first kappa shape index (κ1) is 12.0. The number of nitrogen functional groups attached to an aromatic ring is 1. The second-order valence-electron chi connectivity index (χ2n) is 4.39. The highest BCUT2D eigenvalue weighted by atomic mass is 32.1. The molecule has 3 aromatic rings. The lowest BCUT2D eigenvalue weighted by Gasteiger charge is -2.10. The highest BCUT2D eigenvalue weighted by molar-refractivity contribution is 7.09. The number of hydrogen-bond acceptors (Lipinski definition) is 4. The molecule has 0 saturated heterocycles. The molecule has 0 amide bonds. The first-order valence-corrected chi connectivity index (χ1v) is 6.92. The zero-order valence-electron chi connectivity index (χ0n) is 10.6. The Morgan fingerprint density at radius 1 is 1.26 bits per heavy atom. The Labute approximate surface area is 115 Å². The fraction of sp³-hybridized carbons (Fsp3) is 0.133. The molecule has 0 saturated carbocycles. The molecule has 0 aliphatic rings. The van der Waals surface area contributed by atoms with Crippen LogP contribution in [0.15, 0.2) is 41.9 Å². The van der Waals surface area contributed by atoms with Crippen LogP contribution in [0.25, 0.3) is 10.8 Å². The third-order valence-electron chi connectivity index (χ3n) is 2.98. The van der Waals surface area contributed by atoms with Gasteiger partial charge in [-0.05, 0) is 36.6 Å². The maximum Gasteiger partial charge on any atom is 0.127 e. The van der Waals surface area contributed by atoms with Crippen molar-refractivity contribution >= 4 is 27.8 Å². The number of benzene rings is 1. The van der Waals surface area contributed by atoms with E-state index in [1.54, 1.807) is 17.5 Å². The summed E-state index contributed by atoms with van der Waals surface area (Å²) in [5.74, 6) is 0.850. The molecule has 0 aliphatic heterocycles. The Bertz CT molecular complexity index is 707.